The van der Waals surface area contributed by atoms with Crippen LogP contribution in [0, 0.1) is 5.92 Å². The number of nitrogens with zero attached hydrogens (tertiary/aromatic N) is 3. The molecule has 0 aromatic heterocycles. The predicted octanol–water partition coefficient (Wildman–Crippen LogP) is 0.470. The number of likely N-dealkylation sites (tertiary alicyclic amines) is 1. The molecule has 122 valence electrons. The quantitative estimate of drug-likeness (QED) is 0.800. The highest BCUT2D eigenvalue weighted by atomic mass is 16.2. The fourth-order valence-electron chi connectivity index (χ4n) is 3.31. The Hall–Kier alpha value is -0.650. The van der Waals surface area contributed by atoms with Crippen LogP contribution in [0.5, 0.6) is 0 Å². The molecule has 0 unspecified atom stereocenters. The smallest absolute Gasteiger partial charge is 0.234 e. The van der Waals surface area contributed by atoms with E-state index in [4.69, 9.17) is 0 Å². The van der Waals surface area contributed by atoms with E-state index in [0.29, 0.717) is 6.54 Å². The number of carbonyl (C=O) groups is 1. The molecule has 0 radical (unpaired) electrons. The minimum Gasteiger partial charge on any atom is -0.353 e. The van der Waals surface area contributed by atoms with E-state index >= 15 is 0 Å². The third-order valence-corrected chi connectivity index (χ3v) is 4.64. The fourth-order valence-corrected chi connectivity index (χ4v) is 3.31. The summed E-state index contributed by atoms with van der Waals surface area (Å²) in [7, 11) is 2.22. The van der Waals surface area contributed by atoms with Gasteiger partial charge in [0.1, 0.15) is 0 Å². The van der Waals surface area contributed by atoms with Gasteiger partial charge in [-0.25, -0.2) is 0 Å². The van der Waals surface area contributed by atoms with E-state index < -0.39 is 0 Å². The molecule has 1 N–H and O–H groups in total. The van der Waals surface area contributed by atoms with Crippen LogP contribution >= 0.6 is 0 Å². The average molecular weight is 296 g/mol. The molecule has 21 heavy (non-hydrogen) atoms. The van der Waals surface area contributed by atoms with Crippen molar-refractivity contribution in [1.29, 1.82) is 0 Å². The summed E-state index contributed by atoms with van der Waals surface area (Å²) in [6, 6.07) is 0.239. The lowest BCUT2D eigenvalue weighted by Crippen LogP contribution is -2.51. The Bertz CT molecular complexity index is 318. The van der Waals surface area contributed by atoms with Gasteiger partial charge in [0, 0.05) is 38.8 Å². The summed E-state index contributed by atoms with van der Waals surface area (Å²) in [5.41, 5.74) is 0. The molecule has 2 heterocycles. The van der Waals surface area contributed by atoms with E-state index in [2.05, 4.69) is 27.1 Å². The lowest BCUT2D eigenvalue weighted by Gasteiger charge is -2.38. The van der Waals surface area contributed by atoms with Crippen LogP contribution in [-0.4, -0.2) is 86.1 Å². The van der Waals surface area contributed by atoms with Crippen molar-refractivity contribution in [2.45, 2.75) is 32.7 Å². The van der Waals surface area contributed by atoms with Gasteiger partial charge >= 0.3 is 0 Å². The highest BCUT2D eigenvalue weighted by Gasteiger charge is 2.23. The van der Waals surface area contributed by atoms with E-state index in [1.165, 1.54) is 32.5 Å². The summed E-state index contributed by atoms with van der Waals surface area (Å²) in [6.07, 6.45) is 2.68. The molecule has 0 spiro atoms. The Labute approximate surface area is 129 Å². The van der Waals surface area contributed by atoms with Crippen molar-refractivity contribution < 1.29 is 4.79 Å². The first-order valence-corrected chi connectivity index (χ1v) is 8.45. The Morgan fingerprint density at radius 1 is 1.05 bits per heavy atom. The molecule has 2 saturated heterocycles. The highest BCUT2D eigenvalue weighted by Crippen LogP contribution is 2.18. The van der Waals surface area contributed by atoms with Gasteiger partial charge < -0.3 is 15.1 Å². The summed E-state index contributed by atoms with van der Waals surface area (Å²) < 4.78 is 0. The van der Waals surface area contributed by atoms with Crippen LogP contribution in [0.15, 0.2) is 0 Å². The number of carbonyl (C=O) groups excluding carboxylic acids is 1. The molecular weight excluding hydrogens is 264 g/mol. The van der Waals surface area contributed by atoms with Gasteiger partial charge in [0.25, 0.3) is 0 Å². The van der Waals surface area contributed by atoms with Crippen molar-refractivity contribution in [2.75, 3.05) is 59.4 Å². The molecule has 0 aliphatic carbocycles. The number of piperazine rings is 1. The van der Waals surface area contributed by atoms with Crippen LogP contribution in [0.3, 0.4) is 0 Å². The summed E-state index contributed by atoms with van der Waals surface area (Å²) in [4.78, 5) is 19.1. The molecule has 2 rings (SSSR count). The van der Waals surface area contributed by atoms with E-state index in [0.717, 1.165) is 32.1 Å². The van der Waals surface area contributed by atoms with Gasteiger partial charge in [0.2, 0.25) is 5.91 Å². The van der Waals surface area contributed by atoms with Crippen LogP contribution in [0.2, 0.25) is 0 Å². The standard InChI is InChI=1S/C16H32N4O/c1-14(2)17-16(21)13-20-10-8-19(9-11-20)12-15-4-6-18(3)7-5-15/h14-15H,4-13H2,1-3H3,(H,17,21). The second-order valence-electron chi connectivity index (χ2n) is 7.05. The van der Waals surface area contributed by atoms with Crippen molar-refractivity contribution >= 4 is 5.91 Å². The number of hydrogen-bond acceptors (Lipinski definition) is 4. The molecule has 0 atom stereocenters. The normalized spacial score (nSPS) is 23.6. The van der Waals surface area contributed by atoms with Gasteiger partial charge in [-0.15, -0.1) is 0 Å². The molecule has 2 fully saturated rings. The maximum atomic E-state index is 11.8. The van der Waals surface area contributed by atoms with Crippen LogP contribution in [0.4, 0.5) is 0 Å². The van der Waals surface area contributed by atoms with Gasteiger partial charge in [0.15, 0.2) is 0 Å². The zero-order valence-corrected chi connectivity index (χ0v) is 14.0. The van der Waals surface area contributed by atoms with E-state index in [-0.39, 0.29) is 11.9 Å². The van der Waals surface area contributed by atoms with Crippen LogP contribution < -0.4 is 5.32 Å². The minimum atomic E-state index is 0.161. The highest BCUT2D eigenvalue weighted by molar-refractivity contribution is 5.78. The van der Waals surface area contributed by atoms with Crippen molar-refractivity contribution in [1.82, 2.24) is 20.0 Å². The summed E-state index contributed by atoms with van der Waals surface area (Å²) in [5.74, 6) is 1.03. The monoisotopic (exact) mass is 296 g/mol. The molecule has 0 bridgehead atoms. The van der Waals surface area contributed by atoms with Crippen molar-refractivity contribution in [3.8, 4) is 0 Å². The second kappa shape index (κ2) is 8.11. The largest absolute Gasteiger partial charge is 0.353 e. The van der Waals surface area contributed by atoms with Gasteiger partial charge in [0.05, 0.1) is 6.54 Å². The van der Waals surface area contributed by atoms with Gasteiger partial charge in [-0.2, -0.15) is 0 Å². The topological polar surface area (TPSA) is 38.8 Å². The Morgan fingerprint density at radius 3 is 2.19 bits per heavy atom. The number of amides is 1. The predicted molar refractivity (Wildman–Crippen MR) is 86.4 cm³/mol. The summed E-state index contributed by atoms with van der Waals surface area (Å²) >= 11 is 0. The zero-order valence-electron chi connectivity index (χ0n) is 14.0. The molecular formula is C16H32N4O. The number of piperidine rings is 1. The first kappa shape index (κ1) is 16.7. The van der Waals surface area contributed by atoms with Crippen molar-refractivity contribution in [3.05, 3.63) is 0 Å². The lowest BCUT2D eigenvalue weighted by molar-refractivity contribution is -0.123. The molecule has 1 amide bonds. The molecule has 0 aromatic rings. The van der Waals surface area contributed by atoms with Gasteiger partial charge in [-0.1, -0.05) is 0 Å². The molecule has 0 saturated carbocycles. The van der Waals surface area contributed by atoms with Gasteiger partial charge in [-0.05, 0) is 52.7 Å². The Kier molecular flexibility index (Phi) is 6.45. The third-order valence-electron chi connectivity index (χ3n) is 4.64. The number of nitrogens with one attached hydrogen (secondary N) is 1. The Balaban J connectivity index is 1.63. The van der Waals surface area contributed by atoms with Gasteiger partial charge in [-0.3, -0.25) is 9.69 Å². The third kappa shape index (κ3) is 5.93. The van der Waals surface area contributed by atoms with Crippen molar-refractivity contribution in [2.24, 2.45) is 5.92 Å². The lowest BCUT2D eigenvalue weighted by atomic mass is 9.96. The average Bonchev–Trinajstić information content (AvgIpc) is 2.42. The first-order valence-electron chi connectivity index (χ1n) is 8.45. The van der Waals surface area contributed by atoms with Crippen LogP contribution in [0.1, 0.15) is 26.7 Å². The maximum absolute atomic E-state index is 11.8. The molecule has 2 aliphatic heterocycles. The van der Waals surface area contributed by atoms with Crippen LogP contribution in [-0.2, 0) is 4.79 Å². The Morgan fingerprint density at radius 2 is 1.62 bits per heavy atom. The van der Waals surface area contributed by atoms with E-state index in [1.807, 2.05) is 13.8 Å². The number of hydrogen-bond donors (Lipinski definition) is 1. The van der Waals surface area contributed by atoms with E-state index in [1.54, 1.807) is 0 Å². The zero-order chi connectivity index (χ0) is 15.2. The summed E-state index contributed by atoms with van der Waals surface area (Å²) in [6.45, 7) is 12.6. The maximum Gasteiger partial charge on any atom is 0.234 e. The minimum absolute atomic E-state index is 0.161. The SMILES string of the molecule is CC(C)NC(=O)CN1CCN(CC2CCN(C)CC2)CC1. The van der Waals surface area contributed by atoms with Crippen LogP contribution in [0.25, 0.3) is 0 Å². The molecule has 5 nitrogen and oxygen atoms in total. The number of rotatable bonds is 5. The molecule has 2 aliphatic rings. The second-order valence-corrected chi connectivity index (χ2v) is 7.05. The molecule has 0 aromatic carbocycles. The fraction of sp³-hybridized carbons (Fsp3) is 0.938. The van der Waals surface area contributed by atoms with E-state index in [9.17, 15) is 4.79 Å². The first-order chi connectivity index (χ1) is 10.0. The summed E-state index contributed by atoms with van der Waals surface area (Å²) in [5, 5.41) is 2.97. The van der Waals surface area contributed by atoms with Crippen molar-refractivity contribution in [3.63, 3.8) is 0 Å². The molecule has 5 heteroatoms.